The molecule has 0 bridgehead atoms. The summed E-state index contributed by atoms with van der Waals surface area (Å²) in [5.41, 5.74) is 2.36. The lowest BCUT2D eigenvalue weighted by Gasteiger charge is -2.37. The van der Waals surface area contributed by atoms with Crippen LogP contribution in [0.25, 0.3) is 0 Å². The van der Waals surface area contributed by atoms with E-state index < -0.39 is 40.0 Å². The normalized spacial score (nSPS) is 26.9. The smallest absolute Gasteiger partial charge is 0.311 e. The number of Topliss-reactive ketones (excluding diaryl/α,β-unsaturated/α-hetero) is 1. The van der Waals surface area contributed by atoms with Gasteiger partial charge in [0, 0.05) is 48.2 Å². The zero-order valence-corrected chi connectivity index (χ0v) is 21.2. The summed E-state index contributed by atoms with van der Waals surface area (Å²) in [4.78, 5) is 55.2. The summed E-state index contributed by atoms with van der Waals surface area (Å²) in [6, 6.07) is 19.3. The van der Waals surface area contributed by atoms with Gasteiger partial charge in [0.15, 0.2) is 5.78 Å². The van der Waals surface area contributed by atoms with E-state index in [4.69, 9.17) is 4.74 Å². The molecule has 38 heavy (non-hydrogen) atoms. The Balaban J connectivity index is 1.71. The van der Waals surface area contributed by atoms with Crippen molar-refractivity contribution in [2.24, 2.45) is 11.8 Å². The minimum atomic E-state index is -1.38. The molecule has 2 aliphatic carbocycles. The van der Waals surface area contributed by atoms with Crippen LogP contribution in [-0.2, 0) is 19.7 Å². The fraction of sp³-hybridized carbons (Fsp3) is 0.300. The van der Waals surface area contributed by atoms with Gasteiger partial charge in [0.1, 0.15) is 0 Å². The molecule has 0 aromatic heterocycles. The minimum Gasteiger partial charge on any atom is -0.466 e. The molecule has 1 amide bonds. The van der Waals surface area contributed by atoms with Crippen molar-refractivity contribution in [1.29, 1.82) is 0 Å². The third kappa shape index (κ3) is 2.94. The highest BCUT2D eigenvalue weighted by Crippen LogP contribution is 2.70. The summed E-state index contributed by atoms with van der Waals surface area (Å²) in [5, 5.41) is 11.5. The Bertz CT molecular complexity index is 1550. The molecule has 1 spiro atoms. The lowest BCUT2D eigenvalue weighted by atomic mass is 9.63. The summed E-state index contributed by atoms with van der Waals surface area (Å²) in [7, 11) is 1.69. The van der Waals surface area contributed by atoms with Gasteiger partial charge < -0.3 is 9.64 Å². The lowest BCUT2D eigenvalue weighted by molar-refractivity contribution is -0.384. The van der Waals surface area contributed by atoms with Crippen LogP contribution in [0.1, 0.15) is 51.4 Å². The van der Waals surface area contributed by atoms with Crippen molar-refractivity contribution in [2.45, 2.75) is 31.1 Å². The molecule has 8 nitrogen and oxygen atoms in total. The number of benzene rings is 3. The Morgan fingerprint density at radius 3 is 2.53 bits per heavy atom. The number of carbonyl (C=O) groups excluding carboxylic acids is 3. The number of para-hydroxylation sites is 1. The molecule has 0 radical (unpaired) electrons. The van der Waals surface area contributed by atoms with E-state index in [1.165, 1.54) is 12.1 Å². The third-order valence-electron chi connectivity index (χ3n) is 8.57. The second kappa shape index (κ2) is 8.34. The van der Waals surface area contributed by atoms with Gasteiger partial charge in [-0.2, -0.15) is 0 Å². The number of amides is 1. The number of nitrogens with zero attached hydrogens (tertiary/aromatic N) is 2. The number of likely N-dealkylation sites (N-methyl/N-ethyl adjacent to an activating group) is 1. The Labute approximate surface area is 219 Å². The van der Waals surface area contributed by atoms with Crippen LogP contribution in [0.4, 0.5) is 11.4 Å². The number of esters is 1. The van der Waals surface area contributed by atoms with Crippen molar-refractivity contribution in [2.75, 3.05) is 18.6 Å². The SMILES string of the molecule is CCOC(=O)C1C2c3ccc([N+](=O)[O-])cc3C(=O)C2C(c2cccc(C)c2)C12C(=O)N(C)c1ccccc12. The van der Waals surface area contributed by atoms with Crippen molar-refractivity contribution >= 4 is 29.0 Å². The molecule has 5 atom stereocenters. The maximum atomic E-state index is 14.5. The van der Waals surface area contributed by atoms with Crippen molar-refractivity contribution in [3.8, 4) is 0 Å². The molecule has 1 saturated carbocycles. The van der Waals surface area contributed by atoms with Crippen LogP contribution in [0, 0.1) is 28.9 Å². The number of nitro groups is 1. The number of hydrogen-bond acceptors (Lipinski definition) is 6. The van der Waals surface area contributed by atoms with E-state index in [1.54, 1.807) is 24.9 Å². The topological polar surface area (TPSA) is 107 Å². The summed E-state index contributed by atoms with van der Waals surface area (Å²) in [6.07, 6.45) is 0. The van der Waals surface area contributed by atoms with Crippen molar-refractivity contribution < 1.29 is 24.0 Å². The first-order valence-corrected chi connectivity index (χ1v) is 12.7. The largest absolute Gasteiger partial charge is 0.466 e. The number of fused-ring (bicyclic) bond motifs is 5. The van der Waals surface area contributed by atoms with Crippen molar-refractivity contribution in [3.63, 3.8) is 0 Å². The van der Waals surface area contributed by atoms with Gasteiger partial charge in [-0.1, -0.05) is 54.1 Å². The van der Waals surface area contributed by atoms with Gasteiger partial charge in [0.2, 0.25) is 5.91 Å². The number of carbonyl (C=O) groups is 3. The number of non-ortho nitro benzene ring substituents is 1. The standard InChI is InChI=1S/C30H26N2O6/c1-4-38-28(34)26-23-19-13-12-18(32(36)37)15-20(19)27(33)24(23)25(17-9-7-8-16(2)14-17)30(26)21-10-5-6-11-22(21)31(3)29(30)35/h5-15,23-26H,4H2,1-3H3. The van der Waals surface area contributed by atoms with Crippen LogP contribution < -0.4 is 4.90 Å². The molecule has 0 N–H and O–H groups in total. The van der Waals surface area contributed by atoms with Crippen molar-refractivity contribution in [3.05, 3.63) is 105 Å². The molecule has 0 saturated heterocycles. The number of anilines is 1. The molecule has 192 valence electrons. The summed E-state index contributed by atoms with van der Waals surface area (Å²) in [6.45, 7) is 3.77. The molecular weight excluding hydrogens is 484 g/mol. The van der Waals surface area contributed by atoms with Gasteiger partial charge in [-0.15, -0.1) is 0 Å². The van der Waals surface area contributed by atoms with E-state index in [-0.39, 0.29) is 29.5 Å². The first-order chi connectivity index (χ1) is 18.2. The number of rotatable bonds is 4. The average molecular weight is 511 g/mol. The molecule has 3 aliphatic rings. The maximum absolute atomic E-state index is 14.5. The Morgan fingerprint density at radius 2 is 1.82 bits per heavy atom. The van der Waals surface area contributed by atoms with Gasteiger partial charge in [-0.25, -0.2) is 0 Å². The van der Waals surface area contributed by atoms with E-state index in [0.717, 1.165) is 11.1 Å². The zero-order valence-electron chi connectivity index (χ0n) is 21.2. The highest BCUT2D eigenvalue weighted by atomic mass is 16.6. The van der Waals surface area contributed by atoms with Crippen LogP contribution in [0.15, 0.2) is 66.7 Å². The zero-order chi connectivity index (χ0) is 26.9. The summed E-state index contributed by atoms with van der Waals surface area (Å²) in [5.74, 6) is -4.21. The molecule has 6 rings (SSSR count). The fourth-order valence-electron chi connectivity index (χ4n) is 7.32. The minimum absolute atomic E-state index is 0.116. The van der Waals surface area contributed by atoms with Crippen LogP contribution in [-0.4, -0.2) is 36.2 Å². The molecular formula is C30H26N2O6. The summed E-state index contributed by atoms with van der Waals surface area (Å²) >= 11 is 0. The Kier molecular flexibility index (Phi) is 5.28. The van der Waals surface area contributed by atoms with Crippen LogP contribution in [0.3, 0.4) is 0 Å². The monoisotopic (exact) mass is 510 g/mol. The van der Waals surface area contributed by atoms with Gasteiger partial charge in [-0.3, -0.25) is 24.5 Å². The molecule has 3 aromatic carbocycles. The maximum Gasteiger partial charge on any atom is 0.311 e. The second-order valence-electron chi connectivity index (χ2n) is 10.3. The number of ketones is 1. The average Bonchev–Trinajstić information content (AvgIpc) is 3.45. The molecule has 1 aliphatic heterocycles. The first kappa shape index (κ1) is 24.0. The lowest BCUT2D eigenvalue weighted by Crippen LogP contribution is -2.49. The van der Waals surface area contributed by atoms with Gasteiger partial charge >= 0.3 is 5.97 Å². The third-order valence-corrected chi connectivity index (χ3v) is 8.57. The molecule has 5 unspecified atom stereocenters. The Morgan fingerprint density at radius 1 is 1.05 bits per heavy atom. The molecule has 3 aromatic rings. The van der Waals surface area contributed by atoms with E-state index >= 15 is 0 Å². The highest BCUT2D eigenvalue weighted by molar-refractivity contribution is 6.15. The molecule has 8 heteroatoms. The number of hydrogen-bond donors (Lipinski definition) is 0. The quantitative estimate of drug-likeness (QED) is 0.286. The predicted octanol–water partition coefficient (Wildman–Crippen LogP) is 4.69. The van der Waals surface area contributed by atoms with E-state index in [0.29, 0.717) is 16.8 Å². The number of ether oxygens (including phenoxy) is 1. The van der Waals surface area contributed by atoms with E-state index in [2.05, 4.69) is 0 Å². The predicted molar refractivity (Wildman–Crippen MR) is 139 cm³/mol. The highest BCUT2D eigenvalue weighted by Gasteiger charge is 2.74. The summed E-state index contributed by atoms with van der Waals surface area (Å²) < 4.78 is 5.61. The van der Waals surface area contributed by atoms with Gasteiger partial charge in [-0.05, 0) is 36.6 Å². The van der Waals surface area contributed by atoms with Crippen LogP contribution in [0.2, 0.25) is 0 Å². The Hall–Kier alpha value is -4.33. The number of nitro benzene ring substituents is 1. The fourth-order valence-corrected chi connectivity index (χ4v) is 7.32. The number of aryl methyl sites for hydroxylation is 1. The first-order valence-electron chi connectivity index (χ1n) is 12.7. The van der Waals surface area contributed by atoms with Gasteiger partial charge in [0.05, 0.1) is 22.9 Å². The second-order valence-corrected chi connectivity index (χ2v) is 10.3. The van der Waals surface area contributed by atoms with E-state index in [1.807, 2.05) is 55.5 Å². The van der Waals surface area contributed by atoms with Crippen LogP contribution >= 0.6 is 0 Å². The molecule has 1 heterocycles. The van der Waals surface area contributed by atoms with E-state index in [9.17, 15) is 24.5 Å². The molecule has 1 fully saturated rings. The van der Waals surface area contributed by atoms with Crippen molar-refractivity contribution in [1.82, 2.24) is 0 Å². The van der Waals surface area contributed by atoms with Gasteiger partial charge in [0.25, 0.3) is 5.69 Å². The van der Waals surface area contributed by atoms with Crippen LogP contribution in [0.5, 0.6) is 0 Å².